The van der Waals surface area contributed by atoms with Crippen molar-refractivity contribution < 1.29 is 12.8 Å². The third-order valence-corrected chi connectivity index (χ3v) is 6.48. The number of nitrogens with one attached hydrogen (secondary N) is 1. The lowest BCUT2D eigenvalue weighted by atomic mass is 10.2. The van der Waals surface area contributed by atoms with Crippen LogP contribution in [0.4, 0.5) is 0 Å². The van der Waals surface area contributed by atoms with E-state index in [1.165, 1.54) is 4.31 Å². The molecule has 0 amide bonds. The van der Waals surface area contributed by atoms with Gasteiger partial charge in [0.2, 0.25) is 10.0 Å². The molecule has 0 aliphatic heterocycles. The van der Waals surface area contributed by atoms with Gasteiger partial charge in [0, 0.05) is 25.0 Å². The minimum Gasteiger partial charge on any atom is -0.460 e. The summed E-state index contributed by atoms with van der Waals surface area (Å²) in [5.41, 5.74) is 1.90. The molecule has 3 rings (SSSR count). The zero-order valence-electron chi connectivity index (χ0n) is 15.3. The number of para-hydroxylation sites is 1. The zero-order valence-corrected chi connectivity index (χ0v) is 16.1. The van der Waals surface area contributed by atoms with E-state index in [2.05, 4.69) is 5.32 Å². The van der Waals surface area contributed by atoms with Gasteiger partial charge in [-0.3, -0.25) is 0 Å². The molecule has 5 nitrogen and oxygen atoms in total. The Morgan fingerprint density at radius 1 is 1.04 bits per heavy atom. The van der Waals surface area contributed by atoms with Crippen LogP contribution in [0.15, 0.2) is 63.9 Å². The Morgan fingerprint density at radius 2 is 1.73 bits per heavy atom. The normalized spacial score (nSPS) is 12.3. The van der Waals surface area contributed by atoms with Gasteiger partial charge in [0.05, 0.1) is 11.4 Å². The van der Waals surface area contributed by atoms with Crippen LogP contribution in [0, 0.1) is 0 Å². The highest BCUT2D eigenvalue weighted by molar-refractivity contribution is 7.89. The number of hydrogen-bond donors (Lipinski definition) is 1. The molecule has 3 aromatic rings. The highest BCUT2D eigenvalue weighted by atomic mass is 32.2. The Labute approximate surface area is 154 Å². The van der Waals surface area contributed by atoms with Crippen molar-refractivity contribution in [2.75, 3.05) is 7.05 Å². The largest absolute Gasteiger partial charge is 0.460 e. The highest BCUT2D eigenvalue weighted by Gasteiger charge is 2.22. The van der Waals surface area contributed by atoms with E-state index >= 15 is 0 Å². The Kier molecular flexibility index (Phi) is 5.46. The summed E-state index contributed by atoms with van der Waals surface area (Å²) in [5, 5.41) is 4.42. The van der Waals surface area contributed by atoms with Crippen LogP contribution in [0.5, 0.6) is 0 Å². The smallest absolute Gasteiger partial charge is 0.243 e. The van der Waals surface area contributed by atoms with Gasteiger partial charge >= 0.3 is 0 Å². The lowest BCUT2D eigenvalue weighted by molar-refractivity contribution is 0.410. The van der Waals surface area contributed by atoms with Crippen LogP contribution in [-0.4, -0.2) is 25.8 Å². The van der Waals surface area contributed by atoms with E-state index in [9.17, 15) is 8.42 Å². The van der Waals surface area contributed by atoms with E-state index in [0.717, 1.165) is 22.3 Å². The van der Waals surface area contributed by atoms with Gasteiger partial charge in [0.25, 0.3) is 0 Å². The third-order valence-electron chi connectivity index (χ3n) is 4.43. The van der Waals surface area contributed by atoms with Crippen molar-refractivity contribution in [2.45, 2.75) is 37.9 Å². The number of rotatable bonds is 7. The van der Waals surface area contributed by atoms with Crippen molar-refractivity contribution >= 4 is 21.0 Å². The summed E-state index contributed by atoms with van der Waals surface area (Å²) < 4.78 is 32.1. The van der Waals surface area contributed by atoms with Crippen molar-refractivity contribution in [3.63, 3.8) is 0 Å². The first-order valence-electron chi connectivity index (χ1n) is 8.63. The first-order chi connectivity index (χ1) is 12.4. The van der Waals surface area contributed by atoms with E-state index in [0.29, 0.717) is 18.0 Å². The van der Waals surface area contributed by atoms with Crippen LogP contribution >= 0.6 is 0 Å². The Bertz CT molecular complexity index is 943. The van der Waals surface area contributed by atoms with Crippen molar-refractivity contribution in [1.82, 2.24) is 9.62 Å². The molecule has 1 N–H and O–H groups in total. The second-order valence-electron chi connectivity index (χ2n) is 6.61. The van der Waals surface area contributed by atoms with Crippen LogP contribution in [-0.2, 0) is 23.1 Å². The number of furan rings is 1. The maximum atomic E-state index is 12.5. The van der Waals surface area contributed by atoms with Gasteiger partial charge in [0.15, 0.2) is 0 Å². The second-order valence-corrected chi connectivity index (χ2v) is 8.61. The van der Waals surface area contributed by atoms with Crippen LogP contribution in [0.25, 0.3) is 11.0 Å². The van der Waals surface area contributed by atoms with Gasteiger partial charge in [-0.2, -0.15) is 4.31 Å². The fourth-order valence-corrected chi connectivity index (χ4v) is 4.04. The number of hydrogen-bond acceptors (Lipinski definition) is 4. The minimum absolute atomic E-state index is 0.0786. The van der Waals surface area contributed by atoms with Gasteiger partial charge in [0.1, 0.15) is 11.3 Å². The molecule has 0 saturated heterocycles. The molecule has 0 unspecified atom stereocenters. The first-order valence-corrected chi connectivity index (χ1v) is 10.1. The first kappa shape index (κ1) is 18.6. The molecule has 6 heteroatoms. The molecule has 1 heterocycles. The molecule has 0 radical (unpaired) electrons. The average molecular weight is 372 g/mol. The summed E-state index contributed by atoms with van der Waals surface area (Å²) in [6, 6.07) is 16.9. The molecule has 0 aliphatic carbocycles. The summed E-state index contributed by atoms with van der Waals surface area (Å²) in [6.45, 7) is 4.96. The third kappa shape index (κ3) is 3.98. The van der Waals surface area contributed by atoms with Gasteiger partial charge in [-0.25, -0.2) is 8.42 Å². The van der Waals surface area contributed by atoms with Crippen molar-refractivity contribution in [1.29, 1.82) is 0 Å². The Hall–Kier alpha value is -2.15. The number of nitrogens with zero attached hydrogens (tertiary/aromatic N) is 1. The Morgan fingerprint density at radius 3 is 2.38 bits per heavy atom. The maximum Gasteiger partial charge on any atom is 0.243 e. The average Bonchev–Trinajstić information content (AvgIpc) is 3.04. The molecule has 0 aliphatic rings. The fourth-order valence-electron chi connectivity index (χ4n) is 2.68. The molecule has 0 spiro atoms. The van der Waals surface area contributed by atoms with E-state index in [-0.39, 0.29) is 6.04 Å². The second kappa shape index (κ2) is 7.61. The van der Waals surface area contributed by atoms with Crippen LogP contribution in [0.3, 0.4) is 0 Å². The predicted molar refractivity (Wildman–Crippen MR) is 103 cm³/mol. The molecule has 0 saturated carbocycles. The number of sulfonamides is 1. The SMILES string of the molecule is CC(C)N(C)S(=O)(=O)c1ccc(CNCc2cc3ccccc3o2)cc1. The topological polar surface area (TPSA) is 62.6 Å². The van der Waals surface area contributed by atoms with Gasteiger partial charge in [-0.1, -0.05) is 30.3 Å². The number of benzene rings is 2. The standard InChI is InChI=1S/C20H24N2O3S/c1-15(2)22(3)26(23,24)19-10-8-16(9-11-19)13-21-14-18-12-17-6-4-5-7-20(17)25-18/h4-12,15,21H,13-14H2,1-3H3. The molecule has 138 valence electrons. The zero-order chi connectivity index (χ0) is 18.7. The summed E-state index contributed by atoms with van der Waals surface area (Å²) >= 11 is 0. The van der Waals surface area contributed by atoms with Crippen molar-refractivity contribution in [3.05, 3.63) is 65.9 Å². The van der Waals surface area contributed by atoms with Crippen molar-refractivity contribution in [3.8, 4) is 0 Å². The quantitative estimate of drug-likeness (QED) is 0.686. The summed E-state index contributed by atoms with van der Waals surface area (Å²) in [4.78, 5) is 0.315. The molecule has 26 heavy (non-hydrogen) atoms. The molecule has 2 aromatic carbocycles. The van der Waals surface area contributed by atoms with Crippen molar-refractivity contribution in [2.24, 2.45) is 0 Å². The van der Waals surface area contributed by atoms with Crippen LogP contribution in [0.2, 0.25) is 0 Å². The molecular weight excluding hydrogens is 348 g/mol. The van der Waals surface area contributed by atoms with Crippen LogP contribution in [0.1, 0.15) is 25.2 Å². The summed E-state index contributed by atoms with van der Waals surface area (Å²) in [6.07, 6.45) is 0. The molecule has 0 atom stereocenters. The number of fused-ring (bicyclic) bond motifs is 1. The van der Waals surface area contributed by atoms with E-state index in [4.69, 9.17) is 4.42 Å². The molecule has 0 bridgehead atoms. The Balaban J connectivity index is 1.61. The lowest BCUT2D eigenvalue weighted by Gasteiger charge is -2.21. The van der Waals surface area contributed by atoms with Gasteiger partial charge < -0.3 is 9.73 Å². The maximum absolute atomic E-state index is 12.5. The van der Waals surface area contributed by atoms with E-state index in [1.807, 2.05) is 56.3 Å². The minimum atomic E-state index is -3.44. The molecule has 1 aromatic heterocycles. The van der Waals surface area contributed by atoms with E-state index in [1.54, 1.807) is 19.2 Å². The molecular formula is C20H24N2O3S. The fraction of sp³-hybridized carbons (Fsp3) is 0.300. The van der Waals surface area contributed by atoms with Crippen LogP contribution < -0.4 is 5.32 Å². The molecule has 0 fully saturated rings. The summed E-state index contributed by atoms with van der Waals surface area (Å²) in [7, 11) is -1.84. The summed E-state index contributed by atoms with van der Waals surface area (Å²) in [5.74, 6) is 0.879. The lowest BCUT2D eigenvalue weighted by Crippen LogP contribution is -2.33. The highest BCUT2D eigenvalue weighted by Crippen LogP contribution is 2.19. The van der Waals surface area contributed by atoms with E-state index < -0.39 is 10.0 Å². The van der Waals surface area contributed by atoms with Gasteiger partial charge in [-0.15, -0.1) is 0 Å². The predicted octanol–water partition coefficient (Wildman–Crippen LogP) is 3.75. The van der Waals surface area contributed by atoms with Gasteiger partial charge in [-0.05, 0) is 43.7 Å². The monoisotopic (exact) mass is 372 g/mol.